The molecule has 0 saturated carbocycles. The second-order valence-electron chi connectivity index (χ2n) is 8.68. The van der Waals surface area contributed by atoms with E-state index < -0.39 is 24.3 Å². The standard InChI is InChI=1S/C27H21NO5/c1-32-15-10-12-16(13-11-15)33-21(29)14-28-26(30)24-22-17-6-2-3-7-18(17)23(25(24)27(28)31)20-9-5-4-8-19(20)22/h2-13,22-25H,14H2,1H3/t22?,23?,24-,25-/m1/s1. The minimum absolute atomic E-state index is 0.188. The van der Waals surface area contributed by atoms with Crippen LogP contribution in [0.5, 0.6) is 11.5 Å². The number of benzene rings is 3. The highest BCUT2D eigenvalue weighted by molar-refractivity contribution is 6.09. The number of likely N-dealkylation sites (tertiary alicyclic amines) is 1. The smallest absolute Gasteiger partial charge is 0.331 e. The van der Waals surface area contributed by atoms with Crippen LogP contribution >= 0.6 is 0 Å². The Hall–Kier alpha value is -3.93. The highest BCUT2D eigenvalue weighted by Crippen LogP contribution is 2.60. The number of imide groups is 1. The third kappa shape index (κ3) is 2.83. The highest BCUT2D eigenvalue weighted by Gasteiger charge is 2.61. The van der Waals surface area contributed by atoms with Crippen molar-refractivity contribution in [3.8, 4) is 11.5 Å². The molecule has 3 aromatic carbocycles. The Morgan fingerprint density at radius 1 is 0.727 bits per heavy atom. The number of hydrogen-bond donors (Lipinski definition) is 0. The quantitative estimate of drug-likeness (QED) is 0.354. The molecule has 6 nitrogen and oxygen atoms in total. The Labute approximate surface area is 190 Å². The Balaban J connectivity index is 1.31. The van der Waals surface area contributed by atoms with Crippen LogP contribution in [-0.2, 0) is 14.4 Å². The Morgan fingerprint density at radius 3 is 1.58 bits per heavy atom. The van der Waals surface area contributed by atoms with Gasteiger partial charge < -0.3 is 9.47 Å². The Morgan fingerprint density at radius 2 is 1.15 bits per heavy atom. The molecular weight excluding hydrogens is 418 g/mol. The second kappa shape index (κ2) is 7.30. The fourth-order valence-electron chi connectivity index (χ4n) is 5.83. The lowest BCUT2D eigenvalue weighted by atomic mass is 9.55. The van der Waals surface area contributed by atoms with Crippen LogP contribution in [0.3, 0.4) is 0 Å². The molecule has 2 amide bonds. The van der Waals surface area contributed by atoms with E-state index in [4.69, 9.17) is 9.47 Å². The van der Waals surface area contributed by atoms with Crippen molar-refractivity contribution in [2.75, 3.05) is 13.7 Å². The third-order valence-electron chi connectivity index (χ3n) is 7.12. The van der Waals surface area contributed by atoms with Gasteiger partial charge in [-0.05, 0) is 46.5 Å². The fraction of sp³-hybridized carbons (Fsp3) is 0.222. The molecule has 6 heteroatoms. The van der Waals surface area contributed by atoms with Crippen molar-refractivity contribution in [3.63, 3.8) is 0 Å². The van der Waals surface area contributed by atoms with Gasteiger partial charge in [0.05, 0.1) is 18.9 Å². The molecule has 4 aliphatic rings. The number of ether oxygens (including phenoxy) is 2. The van der Waals surface area contributed by atoms with E-state index in [1.807, 2.05) is 24.3 Å². The number of nitrogens with zero attached hydrogens (tertiary/aromatic N) is 1. The van der Waals surface area contributed by atoms with Crippen LogP contribution in [0.25, 0.3) is 0 Å². The van der Waals surface area contributed by atoms with Gasteiger partial charge in [0.15, 0.2) is 0 Å². The van der Waals surface area contributed by atoms with Crippen molar-refractivity contribution >= 4 is 17.8 Å². The summed E-state index contributed by atoms with van der Waals surface area (Å²) in [4.78, 5) is 40.8. The average Bonchev–Trinajstić information content (AvgIpc) is 3.10. The molecule has 3 aliphatic carbocycles. The van der Waals surface area contributed by atoms with E-state index >= 15 is 0 Å². The molecule has 7 rings (SSSR count). The van der Waals surface area contributed by atoms with E-state index in [2.05, 4.69) is 24.3 Å². The zero-order valence-corrected chi connectivity index (χ0v) is 17.9. The molecule has 1 aliphatic heterocycles. The lowest BCUT2D eigenvalue weighted by Crippen LogP contribution is -2.41. The van der Waals surface area contributed by atoms with Crippen LogP contribution < -0.4 is 9.47 Å². The summed E-state index contributed by atoms with van der Waals surface area (Å²) >= 11 is 0. The van der Waals surface area contributed by atoms with Gasteiger partial charge in [0, 0.05) is 11.8 Å². The summed E-state index contributed by atoms with van der Waals surface area (Å²) in [5, 5.41) is 0. The maximum absolute atomic E-state index is 13.5. The van der Waals surface area contributed by atoms with Crippen LogP contribution in [0.1, 0.15) is 34.1 Å². The summed E-state index contributed by atoms with van der Waals surface area (Å²) in [5.74, 6) is -1.65. The average molecular weight is 439 g/mol. The first kappa shape index (κ1) is 19.7. The van der Waals surface area contributed by atoms with Gasteiger partial charge >= 0.3 is 5.97 Å². The molecule has 1 fully saturated rings. The monoisotopic (exact) mass is 439 g/mol. The second-order valence-corrected chi connectivity index (χ2v) is 8.68. The van der Waals surface area contributed by atoms with Gasteiger partial charge in [0.25, 0.3) is 0 Å². The highest BCUT2D eigenvalue weighted by atomic mass is 16.5. The summed E-state index contributed by atoms with van der Waals surface area (Å²) in [5.41, 5.74) is 4.41. The largest absolute Gasteiger partial charge is 0.497 e. The number of amides is 2. The fourth-order valence-corrected chi connectivity index (χ4v) is 5.83. The number of rotatable bonds is 4. The summed E-state index contributed by atoms with van der Waals surface area (Å²) in [6, 6.07) is 22.7. The van der Waals surface area contributed by atoms with Gasteiger partial charge in [-0.1, -0.05) is 48.5 Å². The number of methoxy groups -OCH3 is 1. The van der Waals surface area contributed by atoms with Crippen LogP contribution in [0.15, 0.2) is 72.8 Å². The summed E-state index contributed by atoms with van der Waals surface area (Å²) < 4.78 is 10.5. The van der Waals surface area contributed by atoms with Gasteiger partial charge in [-0.3, -0.25) is 14.5 Å². The summed E-state index contributed by atoms with van der Waals surface area (Å²) in [7, 11) is 1.55. The molecule has 0 unspecified atom stereocenters. The number of esters is 1. The molecular formula is C27H21NO5. The van der Waals surface area contributed by atoms with E-state index in [9.17, 15) is 14.4 Å². The van der Waals surface area contributed by atoms with E-state index in [1.165, 1.54) is 0 Å². The molecule has 33 heavy (non-hydrogen) atoms. The number of carbonyl (C=O) groups is 3. The van der Waals surface area contributed by atoms with E-state index in [0.717, 1.165) is 27.2 Å². The zero-order chi connectivity index (χ0) is 22.7. The summed E-state index contributed by atoms with van der Waals surface area (Å²) in [6.07, 6.45) is 0. The first-order chi connectivity index (χ1) is 16.1. The van der Waals surface area contributed by atoms with Gasteiger partial charge in [-0.25, -0.2) is 4.79 Å². The topological polar surface area (TPSA) is 72.9 Å². The van der Waals surface area contributed by atoms with Crippen LogP contribution in [0, 0.1) is 11.8 Å². The maximum atomic E-state index is 13.5. The van der Waals surface area contributed by atoms with Crippen LogP contribution in [0.2, 0.25) is 0 Å². The predicted octanol–water partition coefficient (Wildman–Crippen LogP) is 3.49. The molecule has 164 valence electrons. The molecule has 0 spiro atoms. The third-order valence-corrected chi connectivity index (χ3v) is 7.12. The van der Waals surface area contributed by atoms with E-state index in [0.29, 0.717) is 11.5 Å². The first-order valence-electron chi connectivity index (χ1n) is 11.0. The van der Waals surface area contributed by atoms with Gasteiger partial charge in [-0.2, -0.15) is 0 Å². The molecule has 1 saturated heterocycles. The van der Waals surface area contributed by atoms with Crippen molar-refractivity contribution in [3.05, 3.63) is 95.1 Å². The molecule has 3 aromatic rings. The normalized spacial score (nSPS) is 24.2. The molecule has 0 radical (unpaired) electrons. The van der Waals surface area contributed by atoms with Gasteiger partial charge in [0.2, 0.25) is 11.8 Å². The molecule has 0 aromatic heterocycles. The first-order valence-corrected chi connectivity index (χ1v) is 11.0. The molecule has 2 bridgehead atoms. The lowest BCUT2D eigenvalue weighted by molar-refractivity contribution is -0.148. The molecule has 1 heterocycles. The van der Waals surface area contributed by atoms with Gasteiger partial charge in [-0.15, -0.1) is 0 Å². The van der Waals surface area contributed by atoms with Crippen molar-refractivity contribution in [1.82, 2.24) is 4.90 Å². The number of hydrogen-bond acceptors (Lipinski definition) is 5. The number of carbonyl (C=O) groups excluding carboxylic acids is 3. The lowest BCUT2D eigenvalue weighted by Gasteiger charge is -2.45. The SMILES string of the molecule is COc1ccc(OC(=O)CN2C(=O)[C@@H]3C4c5ccccc5C(c5ccccc54)[C@H]3C2=O)cc1. The van der Waals surface area contributed by atoms with Crippen LogP contribution in [-0.4, -0.2) is 36.3 Å². The zero-order valence-electron chi connectivity index (χ0n) is 17.9. The van der Waals surface area contributed by atoms with Crippen molar-refractivity contribution in [2.24, 2.45) is 11.8 Å². The van der Waals surface area contributed by atoms with Crippen molar-refractivity contribution < 1.29 is 23.9 Å². The molecule has 2 atom stereocenters. The van der Waals surface area contributed by atoms with Crippen LogP contribution in [0.4, 0.5) is 0 Å². The van der Waals surface area contributed by atoms with Crippen molar-refractivity contribution in [1.29, 1.82) is 0 Å². The Bertz CT molecular complexity index is 1180. The minimum atomic E-state index is -0.650. The van der Waals surface area contributed by atoms with Crippen molar-refractivity contribution in [2.45, 2.75) is 11.8 Å². The summed E-state index contributed by atoms with van der Waals surface area (Å²) in [6.45, 7) is -0.400. The molecule has 0 N–H and O–H groups in total. The Kier molecular flexibility index (Phi) is 4.37. The van der Waals surface area contributed by atoms with E-state index in [-0.39, 0.29) is 23.7 Å². The van der Waals surface area contributed by atoms with E-state index in [1.54, 1.807) is 31.4 Å². The van der Waals surface area contributed by atoms with Gasteiger partial charge in [0.1, 0.15) is 18.0 Å². The maximum Gasteiger partial charge on any atom is 0.331 e. The predicted molar refractivity (Wildman–Crippen MR) is 119 cm³/mol. The minimum Gasteiger partial charge on any atom is -0.497 e.